The molecule has 0 spiro atoms. The molecule has 0 heterocycles. The Hall–Kier alpha value is -4.23. The Morgan fingerprint density at radius 3 is 2.15 bits per heavy atom. The van der Waals surface area contributed by atoms with E-state index in [0.29, 0.717) is 11.3 Å². The number of carbonyl (C=O) groups is 1. The maximum atomic E-state index is 12.4. The number of halogens is 3. The standard InChI is InChI=1S/C23H19F3N4O3/c24-23(25,26)33-20-12-8-18(9-13-20)30(22(28)31)29-21(17-4-2-1-3-5-17)15-32-19-10-6-16(14-27)7-11-19/h1-13,21,29H,15H2,(H2,28,31). The zero-order valence-corrected chi connectivity index (χ0v) is 17.1. The van der Waals surface area contributed by atoms with Gasteiger partial charge in [0.1, 0.15) is 18.1 Å². The highest BCUT2D eigenvalue weighted by atomic mass is 19.4. The minimum Gasteiger partial charge on any atom is -0.492 e. The van der Waals surface area contributed by atoms with Crippen LogP contribution < -0.4 is 25.6 Å². The molecule has 33 heavy (non-hydrogen) atoms. The molecule has 7 nitrogen and oxygen atoms in total. The molecule has 1 atom stereocenters. The van der Waals surface area contributed by atoms with E-state index in [4.69, 9.17) is 15.7 Å². The van der Waals surface area contributed by atoms with Crippen molar-refractivity contribution in [2.45, 2.75) is 12.4 Å². The fraction of sp³-hybridized carbons (Fsp3) is 0.130. The van der Waals surface area contributed by atoms with Crippen LogP contribution in [0.3, 0.4) is 0 Å². The molecule has 0 saturated carbocycles. The average molecular weight is 456 g/mol. The number of ether oxygens (including phenoxy) is 2. The zero-order valence-electron chi connectivity index (χ0n) is 17.1. The van der Waals surface area contributed by atoms with E-state index < -0.39 is 24.2 Å². The monoisotopic (exact) mass is 456 g/mol. The van der Waals surface area contributed by atoms with E-state index in [-0.39, 0.29) is 12.3 Å². The lowest BCUT2D eigenvalue weighted by molar-refractivity contribution is -0.274. The molecule has 3 aromatic carbocycles. The van der Waals surface area contributed by atoms with Gasteiger partial charge in [-0.05, 0) is 54.1 Å². The molecule has 0 aromatic heterocycles. The van der Waals surface area contributed by atoms with Crippen molar-refractivity contribution >= 4 is 11.7 Å². The van der Waals surface area contributed by atoms with Gasteiger partial charge in [0.2, 0.25) is 0 Å². The minimum absolute atomic E-state index is 0.0783. The zero-order chi connectivity index (χ0) is 23.8. The molecule has 2 amide bonds. The number of primary amides is 1. The lowest BCUT2D eigenvalue weighted by Gasteiger charge is -2.28. The number of nitriles is 1. The highest BCUT2D eigenvalue weighted by Gasteiger charge is 2.31. The topological polar surface area (TPSA) is 101 Å². The second-order valence-corrected chi connectivity index (χ2v) is 6.75. The largest absolute Gasteiger partial charge is 0.573 e. The molecule has 0 aliphatic rings. The number of hydrogen-bond donors (Lipinski definition) is 2. The second-order valence-electron chi connectivity index (χ2n) is 6.75. The molecule has 0 radical (unpaired) electrons. The summed E-state index contributed by atoms with van der Waals surface area (Å²) in [5, 5.41) is 9.92. The number of carbonyl (C=O) groups excluding carboxylic acids is 1. The maximum Gasteiger partial charge on any atom is 0.573 e. The van der Waals surface area contributed by atoms with Crippen LogP contribution in [0.2, 0.25) is 0 Å². The van der Waals surface area contributed by atoms with E-state index in [9.17, 15) is 18.0 Å². The number of hydrogen-bond acceptors (Lipinski definition) is 5. The summed E-state index contributed by atoms with van der Waals surface area (Å²) in [6.45, 7) is 0.0783. The number of urea groups is 1. The van der Waals surface area contributed by atoms with Crippen molar-refractivity contribution in [3.05, 3.63) is 90.0 Å². The molecule has 0 bridgehead atoms. The van der Waals surface area contributed by atoms with E-state index >= 15 is 0 Å². The number of nitrogens with two attached hydrogens (primary N) is 1. The number of benzene rings is 3. The third-order valence-corrected chi connectivity index (χ3v) is 4.44. The summed E-state index contributed by atoms with van der Waals surface area (Å²) >= 11 is 0. The molecular formula is C23H19F3N4O3. The van der Waals surface area contributed by atoms with Gasteiger partial charge in [0.15, 0.2) is 0 Å². The molecular weight excluding hydrogens is 437 g/mol. The molecule has 3 N–H and O–H groups in total. The number of alkyl halides is 3. The van der Waals surface area contributed by atoms with Gasteiger partial charge in [-0.3, -0.25) is 0 Å². The summed E-state index contributed by atoms with van der Waals surface area (Å²) in [4.78, 5) is 12.1. The van der Waals surface area contributed by atoms with Crippen LogP contribution in [-0.4, -0.2) is 19.0 Å². The Morgan fingerprint density at radius 2 is 1.61 bits per heavy atom. The Morgan fingerprint density at radius 1 is 1.00 bits per heavy atom. The maximum absolute atomic E-state index is 12.4. The number of anilines is 1. The first kappa shape index (κ1) is 23.4. The van der Waals surface area contributed by atoms with Gasteiger partial charge in [0, 0.05) is 0 Å². The van der Waals surface area contributed by atoms with Crippen LogP contribution in [0, 0.1) is 11.3 Å². The van der Waals surface area contributed by atoms with Crippen molar-refractivity contribution in [1.29, 1.82) is 5.26 Å². The first-order valence-electron chi connectivity index (χ1n) is 9.64. The van der Waals surface area contributed by atoms with Crippen LogP contribution in [0.25, 0.3) is 0 Å². The predicted octanol–water partition coefficient (Wildman–Crippen LogP) is 4.67. The van der Waals surface area contributed by atoms with Crippen molar-refractivity contribution in [3.63, 3.8) is 0 Å². The van der Waals surface area contributed by atoms with Crippen molar-refractivity contribution in [2.24, 2.45) is 5.73 Å². The molecule has 10 heteroatoms. The summed E-state index contributed by atoms with van der Waals surface area (Å²) in [7, 11) is 0. The van der Waals surface area contributed by atoms with Gasteiger partial charge >= 0.3 is 12.4 Å². The lowest BCUT2D eigenvalue weighted by atomic mass is 10.1. The molecule has 3 aromatic rings. The highest BCUT2D eigenvalue weighted by Crippen LogP contribution is 2.26. The van der Waals surface area contributed by atoms with Crippen molar-refractivity contribution in [3.8, 4) is 17.6 Å². The van der Waals surface area contributed by atoms with Crippen LogP contribution in [0.15, 0.2) is 78.9 Å². The van der Waals surface area contributed by atoms with Crippen LogP contribution in [-0.2, 0) is 0 Å². The third kappa shape index (κ3) is 6.88. The predicted molar refractivity (Wildman–Crippen MR) is 114 cm³/mol. The fourth-order valence-electron chi connectivity index (χ4n) is 2.92. The summed E-state index contributed by atoms with van der Waals surface area (Å²) in [6, 6.07) is 20.9. The quantitative estimate of drug-likeness (QED) is 0.480. The van der Waals surface area contributed by atoms with Crippen LogP contribution >= 0.6 is 0 Å². The Balaban J connectivity index is 1.79. The summed E-state index contributed by atoms with van der Waals surface area (Å²) in [6.07, 6.45) is -4.83. The summed E-state index contributed by atoms with van der Waals surface area (Å²) < 4.78 is 46.9. The number of nitrogens with zero attached hydrogens (tertiary/aromatic N) is 2. The molecule has 3 rings (SSSR count). The van der Waals surface area contributed by atoms with E-state index in [1.165, 1.54) is 12.1 Å². The first-order valence-corrected chi connectivity index (χ1v) is 9.64. The fourth-order valence-corrected chi connectivity index (χ4v) is 2.92. The Labute approximate surface area is 187 Å². The van der Waals surface area contributed by atoms with Gasteiger partial charge in [-0.15, -0.1) is 13.2 Å². The number of hydrazine groups is 1. The van der Waals surface area contributed by atoms with Gasteiger partial charge in [0.05, 0.1) is 23.4 Å². The van der Waals surface area contributed by atoms with E-state index in [1.807, 2.05) is 36.4 Å². The second kappa shape index (κ2) is 10.4. The molecule has 170 valence electrons. The van der Waals surface area contributed by atoms with Crippen molar-refractivity contribution in [1.82, 2.24) is 5.43 Å². The van der Waals surface area contributed by atoms with Crippen molar-refractivity contribution in [2.75, 3.05) is 11.6 Å². The van der Waals surface area contributed by atoms with E-state index in [1.54, 1.807) is 24.3 Å². The number of nitrogens with one attached hydrogen (secondary N) is 1. The van der Waals surface area contributed by atoms with Gasteiger partial charge in [-0.2, -0.15) is 5.26 Å². The normalized spacial score (nSPS) is 11.8. The summed E-state index contributed by atoms with van der Waals surface area (Å²) in [5.41, 5.74) is 9.94. The third-order valence-electron chi connectivity index (χ3n) is 4.44. The van der Waals surface area contributed by atoms with Gasteiger partial charge in [-0.25, -0.2) is 15.2 Å². The van der Waals surface area contributed by atoms with Gasteiger partial charge < -0.3 is 15.2 Å². The van der Waals surface area contributed by atoms with Crippen LogP contribution in [0.5, 0.6) is 11.5 Å². The van der Waals surface area contributed by atoms with Gasteiger partial charge in [-0.1, -0.05) is 30.3 Å². The Kier molecular flexibility index (Phi) is 7.38. The van der Waals surface area contributed by atoms with Crippen LogP contribution in [0.4, 0.5) is 23.7 Å². The average Bonchev–Trinajstić information content (AvgIpc) is 2.79. The molecule has 0 fully saturated rings. The minimum atomic E-state index is -4.83. The number of rotatable bonds is 8. The van der Waals surface area contributed by atoms with E-state index in [2.05, 4.69) is 10.2 Å². The molecule has 0 aliphatic heterocycles. The highest BCUT2D eigenvalue weighted by molar-refractivity contribution is 5.89. The molecule has 0 aliphatic carbocycles. The lowest BCUT2D eigenvalue weighted by Crippen LogP contribution is -2.49. The SMILES string of the molecule is N#Cc1ccc(OCC(NN(C(N)=O)c2ccc(OC(F)(F)F)cc2)c2ccccc2)cc1. The van der Waals surface area contributed by atoms with Crippen LogP contribution in [0.1, 0.15) is 17.2 Å². The smallest absolute Gasteiger partial charge is 0.492 e. The van der Waals surface area contributed by atoms with Gasteiger partial charge in [0.25, 0.3) is 0 Å². The molecule has 0 saturated heterocycles. The Bertz CT molecular complexity index is 1100. The first-order chi connectivity index (χ1) is 15.7. The number of amides is 2. The molecule has 1 unspecified atom stereocenters. The van der Waals surface area contributed by atoms with E-state index in [0.717, 1.165) is 22.7 Å². The summed E-state index contributed by atoms with van der Waals surface area (Å²) in [5.74, 6) is 0.0791. The van der Waals surface area contributed by atoms with Crippen molar-refractivity contribution < 1.29 is 27.4 Å².